The molecule has 0 unspecified atom stereocenters. The van der Waals surface area contributed by atoms with E-state index < -0.39 is 5.97 Å². The topological polar surface area (TPSA) is 57.5 Å². The van der Waals surface area contributed by atoms with Gasteiger partial charge in [-0.1, -0.05) is 29.8 Å². The Morgan fingerprint density at radius 1 is 0.903 bits per heavy atom. The van der Waals surface area contributed by atoms with Crippen molar-refractivity contribution >= 4 is 11.8 Å². The molecule has 1 aromatic heterocycles. The number of aryl methyl sites for hydroxylation is 4. The van der Waals surface area contributed by atoms with Crippen molar-refractivity contribution in [2.24, 2.45) is 0 Å². The van der Waals surface area contributed by atoms with Crippen LogP contribution in [-0.2, 0) is 17.7 Å². The highest BCUT2D eigenvalue weighted by atomic mass is 16.5. The molecule has 1 heterocycles. The van der Waals surface area contributed by atoms with Crippen molar-refractivity contribution in [3.63, 3.8) is 0 Å². The molecule has 2 aromatic carbocycles. The van der Waals surface area contributed by atoms with Gasteiger partial charge >= 0.3 is 5.97 Å². The number of carbonyl (C=O) groups is 2. The molecule has 0 saturated heterocycles. The Hall–Kier alpha value is -3.34. The molecule has 0 aliphatic carbocycles. The SMILES string of the molecule is COc1ccc(CCn2c(C)cc(C(=O)COC(=O)c3ccc(C)cc3C)c2C)cc1. The summed E-state index contributed by atoms with van der Waals surface area (Å²) in [5.74, 6) is 0.168. The van der Waals surface area contributed by atoms with Crippen LogP contribution in [0.25, 0.3) is 0 Å². The maximum Gasteiger partial charge on any atom is 0.338 e. The van der Waals surface area contributed by atoms with E-state index in [0.717, 1.165) is 41.2 Å². The zero-order valence-electron chi connectivity index (χ0n) is 18.8. The van der Waals surface area contributed by atoms with Crippen LogP contribution in [0.1, 0.15) is 48.8 Å². The van der Waals surface area contributed by atoms with Gasteiger partial charge in [0.25, 0.3) is 0 Å². The van der Waals surface area contributed by atoms with E-state index in [1.54, 1.807) is 13.2 Å². The van der Waals surface area contributed by atoms with Crippen LogP contribution in [0.4, 0.5) is 0 Å². The number of ketones is 1. The van der Waals surface area contributed by atoms with E-state index in [4.69, 9.17) is 9.47 Å². The fraction of sp³-hybridized carbons (Fsp3) is 0.308. The third-order valence-corrected chi connectivity index (χ3v) is 5.59. The van der Waals surface area contributed by atoms with Crippen molar-refractivity contribution in [3.8, 4) is 5.75 Å². The number of hydrogen-bond acceptors (Lipinski definition) is 4. The predicted octanol–water partition coefficient (Wildman–Crippen LogP) is 5.01. The van der Waals surface area contributed by atoms with Crippen molar-refractivity contribution in [1.29, 1.82) is 0 Å². The molecule has 0 aliphatic rings. The van der Waals surface area contributed by atoms with E-state index in [0.29, 0.717) is 11.1 Å². The molecule has 5 nitrogen and oxygen atoms in total. The lowest BCUT2D eigenvalue weighted by atomic mass is 10.1. The van der Waals surface area contributed by atoms with E-state index in [1.807, 2.05) is 70.2 Å². The van der Waals surface area contributed by atoms with Crippen LogP contribution in [0.3, 0.4) is 0 Å². The number of aromatic nitrogens is 1. The molecule has 3 aromatic rings. The second kappa shape index (κ2) is 9.65. The molecule has 0 N–H and O–H groups in total. The van der Waals surface area contributed by atoms with Crippen LogP contribution in [0.2, 0.25) is 0 Å². The predicted molar refractivity (Wildman–Crippen MR) is 121 cm³/mol. The first-order chi connectivity index (χ1) is 14.8. The number of esters is 1. The number of rotatable bonds is 8. The molecule has 162 valence electrons. The van der Waals surface area contributed by atoms with Crippen molar-refractivity contribution in [2.75, 3.05) is 13.7 Å². The first kappa shape index (κ1) is 22.3. The highest BCUT2D eigenvalue weighted by Crippen LogP contribution is 2.19. The van der Waals surface area contributed by atoms with Crippen molar-refractivity contribution < 1.29 is 19.1 Å². The van der Waals surface area contributed by atoms with Crippen molar-refractivity contribution in [2.45, 2.75) is 40.7 Å². The lowest BCUT2D eigenvalue weighted by molar-refractivity contribution is 0.0473. The minimum atomic E-state index is -0.473. The molecule has 3 rings (SSSR count). The highest BCUT2D eigenvalue weighted by molar-refractivity contribution is 6.00. The van der Waals surface area contributed by atoms with Crippen molar-refractivity contribution in [1.82, 2.24) is 4.57 Å². The summed E-state index contributed by atoms with van der Waals surface area (Å²) in [4.78, 5) is 25.1. The Morgan fingerprint density at radius 3 is 2.26 bits per heavy atom. The summed E-state index contributed by atoms with van der Waals surface area (Å²) >= 11 is 0. The third-order valence-electron chi connectivity index (χ3n) is 5.59. The third kappa shape index (κ3) is 5.23. The van der Waals surface area contributed by atoms with Crippen LogP contribution in [0.15, 0.2) is 48.5 Å². The molecule has 0 saturated carbocycles. The summed E-state index contributed by atoms with van der Waals surface area (Å²) < 4.78 is 12.6. The van der Waals surface area contributed by atoms with E-state index in [1.165, 1.54) is 5.56 Å². The molecule has 0 aliphatic heterocycles. The maximum absolute atomic E-state index is 12.7. The zero-order valence-corrected chi connectivity index (χ0v) is 18.8. The number of nitrogens with zero attached hydrogens (tertiary/aromatic N) is 1. The first-order valence-electron chi connectivity index (χ1n) is 10.4. The smallest absolute Gasteiger partial charge is 0.338 e. The largest absolute Gasteiger partial charge is 0.497 e. The van der Waals surface area contributed by atoms with Gasteiger partial charge < -0.3 is 14.0 Å². The van der Waals surface area contributed by atoms with Crippen LogP contribution in [0, 0.1) is 27.7 Å². The van der Waals surface area contributed by atoms with Crippen LogP contribution in [0.5, 0.6) is 5.75 Å². The zero-order chi connectivity index (χ0) is 22.5. The van der Waals surface area contributed by atoms with Crippen LogP contribution in [-0.4, -0.2) is 30.0 Å². The van der Waals surface area contributed by atoms with Gasteiger partial charge in [-0.15, -0.1) is 0 Å². The van der Waals surface area contributed by atoms with Crippen LogP contribution < -0.4 is 4.74 Å². The average Bonchev–Trinajstić information content (AvgIpc) is 3.04. The minimum Gasteiger partial charge on any atom is -0.497 e. The molecule has 0 fully saturated rings. The molecule has 0 spiro atoms. The lowest BCUT2D eigenvalue weighted by Crippen LogP contribution is -2.16. The Kier molecular flexibility index (Phi) is 6.95. The minimum absolute atomic E-state index is 0.193. The van der Waals surface area contributed by atoms with E-state index in [9.17, 15) is 9.59 Å². The number of methoxy groups -OCH3 is 1. The van der Waals surface area contributed by atoms with E-state index >= 15 is 0 Å². The number of Topliss-reactive ketones (excluding diaryl/α,β-unsaturated/α-hetero) is 1. The second-order valence-corrected chi connectivity index (χ2v) is 7.85. The highest BCUT2D eigenvalue weighted by Gasteiger charge is 2.18. The second-order valence-electron chi connectivity index (χ2n) is 7.85. The summed E-state index contributed by atoms with van der Waals surface area (Å²) in [6.45, 7) is 8.24. The van der Waals surface area contributed by atoms with Gasteiger partial charge in [-0.25, -0.2) is 4.79 Å². The number of carbonyl (C=O) groups excluding carboxylic acids is 2. The number of benzene rings is 2. The molecule has 31 heavy (non-hydrogen) atoms. The van der Waals surface area contributed by atoms with Gasteiger partial charge in [-0.05, 0) is 69.5 Å². The average molecular weight is 420 g/mol. The van der Waals surface area contributed by atoms with Gasteiger partial charge in [0, 0.05) is 23.5 Å². The van der Waals surface area contributed by atoms with Gasteiger partial charge in [-0.2, -0.15) is 0 Å². The monoisotopic (exact) mass is 419 g/mol. The summed E-state index contributed by atoms with van der Waals surface area (Å²) in [5.41, 5.74) is 6.10. The maximum atomic E-state index is 12.7. The van der Waals surface area contributed by atoms with E-state index in [-0.39, 0.29) is 12.4 Å². The standard InChI is InChI=1S/C26H29NO4/c1-17-6-11-23(18(2)14-17)26(29)31-16-25(28)24-15-19(3)27(20(24)4)13-12-21-7-9-22(30-5)10-8-21/h6-11,14-15H,12-13,16H2,1-5H3. The normalized spacial score (nSPS) is 10.7. The summed E-state index contributed by atoms with van der Waals surface area (Å²) in [5, 5.41) is 0. The number of ether oxygens (including phenoxy) is 2. The summed E-state index contributed by atoms with van der Waals surface area (Å²) in [6.07, 6.45) is 0.843. The Bertz CT molecular complexity index is 1090. The summed E-state index contributed by atoms with van der Waals surface area (Å²) in [6, 6.07) is 15.4. The molecule has 5 heteroatoms. The van der Waals surface area contributed by atoms with Crippen molar-refractivity contribution in [3.05, 3.63) is 87.7 Å². The van der Waals surface area contributed by atoms with E-state index in [2.05, 4.69) is 4.57 Å². The quantitative estimate of drug-likeness (QED) is 0.380. The van der Waals surface area contributed by atoms with Gasteiger partial charge in [0.2, 0.25) is 5.78 Å². The number of hydrogen-bond donors (Lipinski definition) is 0. The van der Waals surface area contributed by atoms with Gasteiger partial charge in [0.1, 0.15) is 5.75 Å². The van der Waals surface area contributed by atoms with Gasteiger partial charge in [0.05, 0.1) is 12.7 Å². The molecule has 0 bridgehead atoms. The van der Waals surface area contributed by atoms with Gasteiger partial charge in [-0.3, -0.25) is 4.79 Å². The Labute approximate surface area is 183 Å². The Morgan fingerprint density at radius 2 is 1.61 bits per heavy atom. The lowest BCUT2D eigenvalue weighted by Gasteiger charge is -2.11. The fourth-order valence-corrected chi connectivity index (χ4v) is 3.79. The molecular formula is C26H29NO4. The van der Waals surface area contributed by atoms with Crippen LogP contribution >= 0.6 is 0 Å². The molecular weight excluding hydrogens is 390 g/mol. The molecule has 0 amide bonds. The summed E-state index contributed by atoms with van der Waals surface area (Å²) in [7, 11) is 1.65. The van der Waals surface area contributed by atoms with Gasteiger partial charge in [0.15, 0.2) is 6.61 Å². The fourth-order valence-electron chi connectivity index (χ4n) is 3.79. The first-order valence-corrected chi connectivity index (χ1v) is 10.4. The molecule has 0 atom stereocenters. The Balaban J connectivity index is 1.64. The molecule has 0 radical (unpaired) electrons.